The Morgan fingerprint density at radius 2 is 1.80 bits per heavy atom. The van der Waals surface area contributed by atoms with Gasteiger partial charge in [0.15, 0.2) is 6.61 Å². The second-order valence-corrected chi connectivity index (χ2v) is 6.89. The van der Waals surface area contributed by atoms with Crippen molar-refractivity contribution in [1.82, 2.24) is 9.62 Å². The highest BCUT2D eigenvalue weighted by molar-refractivity contribution is 7.89. The fourth-order valence-electron chi connectivity index (χ4n) is 2.00. The number of nitriles is 1. The molecule has 0 bridgehead atoms. The van der Waals surface area contributed by atoms with Crippen LogP contribution in [0.3, 0.4) is 0 Å². The Hall–Kier alpha value is -2.44. The van der Waals surface area contributed by atoms with Gasteiger partial charge in [-0.2, -0.15) is 9.57 Å². The zero-order chi connectivity index (χ0) is 18.9. The quantitative estimate of drug-likeness (QED) is 0.512. The maximum atomic E-state index is 12.3. The molecule has 9 heteroatoms. The lowest BCUT2D eigenvalue weighted by molar-refractivity contribution is -0.124. The minimum atomic E-state index is -3.59. The zero-order valence-corrected chi connectivity index (χ0v) is 15.0. The van der Waals surface area contributed by atoms with Gasteiger partial charge in [0.1, 0.15) is 0 Å². The topological polar surface area (TPSA) is 117 Å². The molecule has 0 spiro atoms. The first-order valence-corrected chi connectivity index (χ1v) is 9.21. The molecule has 1 aromatic carbocycles. The van der Waals surface area contributed by atoms with Crippen LogP contribution in [0.2, 0.25) is 0 Å². The van der Waals surface area contributed by atoms with Crippen molar-refractivity contribution in [1.29, 1.82) is 5.26 Å². The van der Waals surface area contributed by atoms with Crippen molar-refractivity contribution in [3.8, 4) is 6.07 Å². The van der Waals surface area contributed by atoms with E-state index in [1.807, 2.05) is 6.07 Å². The molecule has 0 saturated carbocycles. The first-order valence-electron chi connectivity index (χ1n) is 7.77. The van der Waals surface area contributed by atoms with Gasteiger partial charge in [-0.1, -0.05) is 13.8 Å². The summed E-state index contributed by atoms with van der Waals surface area (Å²) in [5, 5.41) is 10.8. The van der Waals surface area contributed by atoms with Crippen molar-refractivity contribution in [3.05, 3.63) is 29.8 Å². The SMILES string of the molecule is CCN(CC)S(=O)(=O)c1ccc(C(=O)OCC(=O)NCCC#N)cc1. The summed E-state index contributed by atoms with van der Waals surface area (Å²) in [7, 11) is -3.59. The van der Waals surface area contributed by atoms with Crippen molar-refractivity contribution in [2.75, 3.05) is 26.2 Å². The summed E-state index contributed by atoms with van der Waals surface area (Å²) in [6.07, 6.45) is 0.169. The number of hydrogen-bond acceptors (Lipinski definition) is 6. The van der Waals surface area contributed by atoms with E-state index in [4.69, 9.17) is 10.00 Å². The maximum absolute atomic E-state index is 12.3. The van der Waals surface area contributed by atoms with E-state index < -0.39 is 28.5 Å². The second kappa shape index (κ2) is 9.76. The molecule has 25 heavy (non-hydrogen) atoms. The van der Waals surface area contributed by atoms with Crippen LogP contribution in [0.15, 0.2) is 29.2 Å². The van der Waals surface area contributed by atoms with Gasteiger partial charge in [-0.15, -0.1) is 0 Å². The molecule has 136 valence electrons. The summed E-state index contributed by atoms with van der Waals surface area (Å²) in [6.45, 7) is 3.91. The number of nitrogens with zero attached hydrogens (tertiary/aromatic N) is 2. The van der Waals surface area contributed by atoms with Gasteiger partial charge in [-0.25, -0.2) is 13.2 Å². The Morgan fingerprint density at radius 3 is 2.32 bits per heavy atom. The van der Waals surface area contributed by atoms with Crippen LogP contribution >= 0.6 is 0 Å². The van der Waals surface area contributed by atoms with Crippen LogP contribution in [0.25, 0.3) is 0 Å². The van der Waals surface area contributed by atoms with Crippen molar-refractivity contribution in [3.63, 3.8) is 0 Å². The molecule has 0 radical (unpaired) electrons. The molecule has 8 nitrogen and oxygen atoms in total. The summed E-state index contributed by atoms with van der Waals surface area (Å²) in [4.78, 5) is 23.4. The van der Waals surface area contributed by atoms with Gasteiger partial charge in [-0.3, -0.25) is 4.79 Å². The van der Waals surface area contributed by atoms with Gasteiger partial charge >= 0.3 is 5.97 Å². The molecule has 1 N–H and O–H groups in total. The van der Waals surface area contributed by atoms with Crippen molar-refractivity contribution >= 4 is 21.9 Å². The Morgan fingerprint density at radius 1 is 1.20 bits per heavy atom. The Labute approximate surface area is 147 Å². The second-order valence-electron chi connectivity index (χ2n) is 4.95. The predicted octanol–water partition coefficient (Wildman–Crippen LogP) is 0.904. The molecule has 1 aromatic rings. The van der Waals surface area contributed by atoms with Gasteiger partial charge in [0, 0.05) is 19.6 Å². The minimum Gasteiger partial charge on any atom is -0.452 e. The standard InChI is InChI=1S/C16H21N3O5S/c1-3-19(4-2)25(22,23)14-8-6-13(7-9-14)16(21)24-12-15(20)18-11-5-10-17/h6-9H,3-5,11-12H2,1-2H3,(H,18,20). The Kier molecular flexibility index (Phi) is 8.04. The number of rotatable bonds is 9. The molecule has 1 amide bonds. The number of nitrogens with one attached hydrogen (secondary N) is 1. The van der Waals surface area contributed by atoms with E-state index in [1.54, 1.807) is 13.8 Å². The lowest BCUT2D eigenvalue weighted by atomic mass is 10.2. The highest BCUT2D eigenvalue weighted by atomic mass is 32.2. The zero-order valence-electron chi connectivity index (χ0n) is 14.2. The van der Waals surface area contributed by atoms with Gasteiger partial charge in [-0.05, 0) is 24.3 Å². The lowest BCUT2D eigenvalue weighted by Crippen LogP contribution is -2.30. The highest BCUT2D eigenvalue weighted by Crippen LogP contribution is 2.16. The molecule has 0 saturated heterocycles. The fourth-order valence-corrected chi connectivity index (χ4v) is 3.46. The number of ether oxygens (including phenoxy) is 1. The highest BCUT2D eigenvalue weighted by Gasteiger charge is 2.21. The number of amides is 1. The van der Waals surface area contributed by atoms with E-state index in [2.05, 4.69) is 5.32 Å². The third-order valence-electron chi connectivity index (χ3n) is 3.33. The summed E-state index contributed by atoms with van der Waals surface area (Å²) < 4.78 is 30.9. The summed E-state index contributed by atoms with van der Waals surface area (Å²) in [6, 6.07) is 7.21. The first-order chi connectivity index (χ1) is 11.9. The number of sulfonamides is 1. The molecule has 0 aliphatic heterocycles. The summed E-state index contributed by atoms with van der Waals surface area (Å²) in [5.74, 6) is -1.24. The third kappa shape index (κ3) is 5.85. The average Bonchev–Trinajstić information content (AvgIpc) is 2.61. The molecule has 0 aromatic heterocycles. The number of hydrogen-bond donors (Lipinski definition) is 1. The lowest BCUT2D eigenvalue weighted by Gasteiger charge is -2.18. The van der Waals surface area contributed by atoms with Crippen LogP contribution in [0.1, 0.15) is 30.6 Å². The van der Waals surface area contributed by atoms with Crippen LogP contribution in [0.4, 0.5) is 0 Å². The average molecular weight is 367 g/mol. The molecule has 0 heterocycles. The molecule has 0 unspecified atom stereocenters. The van der Waals surface area contributed by atoms with Crippen molar-refractivity contribution in [2.45, 2.75) is 25.2 Å². The fraction of sp³-hybridized carbons (Fsp3) is 0.438. The van der Waals surface area contributed by atoms with Gasteiger partial charge in [0.25, 0.3) is 5.91 Å². The van der Waals surface area contributed by atoms with E-state index >= 15 is 0 Å². The molecular formula is C16H21N3O5S. The molecular weight excluding hydrogens is 346 g/mol. The largest absolute Gasteiger partial charge is 0.452 e. The van der Waals surface area contributed by atoms with E-state index in [1.165, 1.54) is 28.6 Å². The monoisotopic (exact) mass is 367 g/mol. The van der Waals surface area contributed by atoms with Crippen LogP contribution in [-0.2, 0) is 19.6 Å². The van der Waals surface area contributed by atoms with Crippen LogP contribution in [0.5, 0.6) is 0 Å². The minimum absolute atomic E-state index is 0.0852. The van der Waals surface area contributed by atoms with Crippen LogP contribution in [0, 0.1) is 11.3 Å². The molecule has 0 aliphatic carbocycles. The smallest absolute Gasteiger partial charge is 0.338 e. The van der Waals surface area contributed by atoms with E-state index in [9.17, 15) is 18.0 Å². The molecule has 0 atom stereocenters. The van der Waals surface area contributed by atoms with Gasteiger partial charge in [0.2, 0.25) is 10.0 Å². The number of carbonyl (C=O) groups is 2. The molecule has 1 rings (SSSR count). The number of esters is 1. The Balaban J connectivity index is 2.69. The predicted molar refractivity (Wildman–Crippen MR) is 90.1 cm³/mol. The molecule has 0 fully saturated rings. The number of carbonyl (C=O) groups excluding carboxylic acids is 2. The number of benzene rings is 1. The van der Waals surface area contributed by atoms with E-state index in [0.717, 1.165) is 0 Å². The van der Waals surface area contributed by atoms with E-state index in [0.29, 0.717) is 13.1 Å². The van der Waals surface area contributed by atoms with Crippen LogP contribution in [-0.4, -0.2) is 50.8 Å². The normalized spacial score (nSPS) is 11.0. The van der Waals surface area contributed by atoms with Gasteiger partial charge in [0.05, 0.1) is 22.9 Å². The summed E-state index contributed by atoms with van der Waals surface area (Å²) in [5.41, 5.74) is 0.142. The van der Waals surface area contributed by atoms with Crippen molar-refractivity contribution < 1.29 is 22.7 Å². The van der Waals surface area contributed by atoms with Crippen LogP contribution < -0.4 is 5.32 Å². The van der Waals surface area contributed by atoms with Crippen molar-refractivity contribution in [2.24, 2.45) is 0 Å². The molecule has 0 aliphatic rings. The third-order valence-corrected chi connectivity index (χ3v) is 5.39. The Bertz CT molecular complexity index is 734. The maximum Gasteiger partial charge on any atom is 0.338 e. The first kappa shape index (κ1) is 20.6. The van der Waals surface area contributed by atoms with Gasteiger partial charge < -0.3 is 10.1 Å². The van der Waals surface area contributed by atoms with E-state index in [-0.39, 0.29) is 23.4 Å². The summed E-state index contributed by atoms with van der Waals surface area (Å²) >= 11 is 0.